The molecule has 0 aromatic carbocycles. The number of allylic oxidation sites excluding steroid dienone is 14. The fourth-order valence-electron chi connectivity index (χ4n) is 9.44. The number of hydrogen-bond acceptors (Lipinski definition) is 6. The molecule has 6 nitrogen and oxygen atoms in total. The van der Waals surface area contributed by atoms with Crippen LogP contribution in [0.2, 0.25) is 0 Å². The Morgan fingerprint density at radius 2 is 0.506 bits per heavy atom. The molecule has 0 radical (unpaired) electrons. The van der Waals surface area contributed by atoms with E-state index in [1.165, 1.54) is 180 Å². The van der Waals surface area contributed by atoms with Crippen LogP contribution in [0.1, 0.15) is 329 Å². The minimum Gasteiger partial charge on any atom is -0.462 e. The summed E-state index contributed by atoms with van der Waals surface area (Å²) in [7, 11) is 0. The van der Waals surface area contributed by atoms with Crippen molar-refractivity contribution < 1.29 is 28.6 Å². The van der Waals surface area contributed by atoms with Crippen LogP contribution in [-0.4, -0.2) is 37.2 Å². The minimum absolute atomic E-state index is 0.0800. The summed E-state index contributed by atoms with van der Waals surface area (Å²) in [6, 6.07) is 0. The SMILES string of the molecule is CC/C=C\C/C=C\C/C=C\C/C=C\C/C=C\C/C=C\CCCCCCCCC(=O)OC(COC(=O)CCCCCCCCC)COC(=O)CCCCCCCCCCCCCCCCC/C=C\CCCCCCCCCC. The smallest absolute Gasteiger partial charge is 0.306 e. The van der Waals surface area contributed by atoms with Crippen LogP contribution in [0.5, 0.6) is 0 Å². The number of ether oxygens (including phenoxy) is 3. The average molecular weight is 1070 g/mol. The number of esters is 3. The van der Waals surface area contributed by atoms with E-state index in [4.69, 9.17) is 14.2 Å². The van der Waals surface area contributed by atoms with Crippen LogP contribution in [0, 0.1) is 0 Å². The lowest BCUT2D eigenvalue weighted by Gasteiger charge is -2.18. The van der Waals surface area contributed by atoms with E-state index in [0.29, 0.717) is 19.3 Å². The second-order valence-electron chi connectivity index (χ2n) is 22.0. The maximum atomic E-state index is 12.9. The van der Waals surface area contributed by atoms with Crippen LogP contribution in [0.3, 0.4) is 0 Å². The highest BCUT2D eigenvalue weighted by Gasteiger charge is 2.19. The van der Waals surface area contributed by atoms with Crippen molar-refractivity contribution in [1.29, 1.82) is 0 Å². The van der Waals surface area contributed by atoms with E-state index in [2.05, 4.69) is 106 Å². The zero-order chi connectivity index (χ0) is 55.7. The zero-order valence-electron chi connectivity index (χ0n) is 51.0. The molecule has 0 rings (SSSR count). The third-order valence-corrected chi connectivity index (χ3v) is 14.4. The van der Waals surface area contributed by atoms with E-state index in [1.807, 2.05) is 0 Å². The largest absolute Gasteiger partial charge is 0.462 e. The van der Waals surface area contributed by atoms with Crippen molar-refractivity contribution in [3.05, 3.63) is 85.1 Å². The van der Waals surface area contributed by atoms with E-state index in [9.17, 15) is 14.4 Å². The van der Waals surface area contributed by atoms with Gasteiger partial charge >= 0.3 is 17.9 Å². The van der Waals surface area contributed by atoms with Crippen molar-refractivity contribution in [2.75, 3.05) is 13.2 Å². The van der Waals surface area contributed by atoms with Gasteiger partial charge in [-0.25, -0.2) is 0 Å². The Morgan fingerprint density at radius 1 is 0.273 bits per heavy atom. The Kier molecular flexibility index (Phi) is 62.2. The molecule has 0 saturated carbocycles. The molecule has 0 bridgehead atoms. The molecule has 0 amide bonds. The molecule has 6 heteroatoms. The summed E-state index contributed by atoms with van der Waals surface area (Å²) >= 11 is 0. The van der Waals surface area contributed by atoms with Crippen LogP contribution in [0.4, 0.5) is 0 Å². The molecule has 0 aromatic rings. The number of unbranched alkanes of at least 4 members (excludes halogenated alkanes) is 35. The Balaban J connectivity index is 4.13. The lowest BCUT2D eigenvalue weighted by molar-refractivity contribution is -0.167. The maximum absolute atomic E-state index is 12.9. The summed E-state index contributed by atoms with van der Waals surface area (Å²) in [6.45, 7) is 6.50. The van der Waals surface area contributed by atoms with Gasteiger partial charge in [0.2, 0.25) is 0 Å². The molecule has 0 aliphatic carbocycles. The van der Waals surface area contributed by atoms with Crippen molar-refractivity contribution in [2.24, 2.45) is 0 Å². The summed E-state index contributed by atoms with van der Waals surface area (Å²) < 4.78 is 16.8. The summed E-state index contributed by atoms with van der Waals surface area (Å²) in [5.74, 6) is -0.889. The van der Waals surface area contributed by atoms with Gasteiger partial charge in [-0.2, -0.15) is 0 Å². The zero-order valence-corrected chi connectivity index (χ0v) is 51.0. The second-order valence-corrected chi connectivity index (χ2v) is 22.0. The van der Waals surface area contributed by atoms with Crippen LogP contribution >= 0.6 is 0 Å². The quantitative estimate of drug-likeness (QED) is 0.0261. The molecule has 0 aliphatic heterocycles. The van der Waals surface area contributed by atoms with E-state index >= 15 is 0 Å². The first-order valence-electron chi connectivity index (χ1n) is 33.1. The standard InChI is InChI=1S/C71H124O6/c1-4-7-10-13-16-18-20-22-24-26-28-30-32-34-35-37-38-40-42-44-46-48-50-52-55-58-61-64-70(73)76-67-68(66-75-69(72)63-60-57-54-15-12-9-6-3)77-71(74)65-62-59-56-53-51-49-47-45-43-41-39-36-33-31-29-27-25-23-21-19-17-14-11-8-5-2/h8,11,17,19,23,25-26,28-29,31,36,39,43,45,68H,4-7,9-10,12-16,18,20-22,24,27,30,32-35,37-38,40-42,44,46-67H2,1-3H3/b11-8-,19-17-,25-23-,28-26-,31-29-,39-36-,45-43-. The van der Waals surface area contributed by atoms with Gasteiger partial charge in [-0.05, 0) is 96.3 Å². The van der Waals surface area contributed by atoms with Gasteiger partial charge in [-0.15, -0.1) is 0 Å². The topological polar surface area (TPSA) is 78.9 Å². The third-order valence-electron chi connectivity index (χ3n) is 14.4. The van der Waals surface area contributed by atoms with Crippen molar-refractivity contribution in [1.82, 2.24) is 0 Å². The van der Waals surface area contributed by atoms with Crippen molar-refractivity contribution >= 4 is 17.9 Å². The summed E-state index contributed by atoms with van der Waals surface area (Å²) in [5, 5.41) is 0. The lowest BCUT2D eigenvalue weighted by Crippen LogP contribution is -2.30. The van der Waals surface area contributed by atoms with Crippen molar-refractivity contribution in [2.45, 2.75) is 335 Å². The van der Waals surface area contributed by atoms with Gasteiger partial charge in [-0.1, -0.05) is 298 Å². The molecule has 1 unspecified atom stereocenters. The molecule has 77 heavy (non-hydrogen) atoms. The van der Waals surface area contributed by atoms with E-state index < -0.39 is 6.10 Å². The maximum Gasteiger partial charge on any atom is 0.306 e. The molecule has 0 spiro atoms. The van der Waals surface area contributed by atoms with E-state index in [0.717, 1.165) is 109 Å². The van der Waals surface area contributed by atoms with Crippen LogP contribution in [-0.2, 0) is 28.6 Å². The van der Waals surface area contributed by atoms with Crippen LogP contribution in [0.25, 0.3) is 0 Å². The minimum atomic E-state index is -0.782. The predicted molar refractivity (Wildman–Crippen MR) is 334 cm³/mol. The van der Waals surface area contributed by atoms with Gasteiger partial charge in [0, 0.05) is 19.3 Å². The Hall–Kier alpha value is -3.41. The van der Waals surface area contributed by atoms with Gasteiger partial charge in [0.15, 0.2) is 6.10 Å². The molecular weight excluding hydrogens is 949 g/mol. The first kappa shape index (κ1) is 73.6. The van der Waals surface area contributed by atoms with Crippen molar-refractivity contribution in [3.8, 4) is 0 Å². The molecule has 444 valence electrons. The number of hydrogen-bond donors (Lipinski definition) is 0. The highest BCUT2D eigenvalue weighted by Crippen LogP contribution is 2.17. The summed E-state index contributed by atoms with van der Waals surface area (Å²) in [5.41, 5.74) is 0. The second kappa shape index (κ2) is 65.1. The first-order valence-corrected chi connectivity index (χ1v) is 33.1. The van der Waals surface area contributed by atoms with Gasteiger partial charge < -0.3 is 14.2 Å². The highest BCUT2D eigenvalue weighted by molar-refractivity contribution is 5.71. The highest BCUT2D eigenvalue weighted by atomic mass is 16.6. The van der Waals surface area contributed by atoms with Crippen molar-refractivity contribution in [3.63, 3.8) is 0 Å². The van der Waals surface area contributed by atoms with Crippen LogP contribution < -0.4 is 0 Å². The number of rotatable bonds is 60. The lowest BCUT2D eigenvalue weighted by atomic mass is 10.0. The summed E-state index contributed by atoms with van der Waals surface area (Å²) in [4.78, 5) is 38.1. The summed E-state index contributed by atoms with van der Waals surface area (Å²) in [6.07, 6.45) is 86.3. The number of carbonyl (C=O) groups is 3. The molecule has 0 heterocycles. The molecule has 0 aliphatic rings. The van der Waals surface area contributed by atoms with Gasteiger partial charge in [0.1, 0.15) is 13.2 Å². The molecule has 0 N–H and O–H groups in total. The number of carbonyl (C=O) groups excluding carboxylic acids is 3. The molecule has 0 aromatic heterocycles. The fraction of sp³-hybridized carbons (Fsp3) is 0.761. The average Bonchev–Trinajstić information content (AvgIpc) is 3.43. The predicted octanol–water partition coefficient (Wildman–Crippen LogP) is 22.7. The van der Waals surface area contributed by atoms with Gasteiger partial charge in [0.25, 0.3) is 0 Å². The van der Waals surface area contributed by atoms with E-state index in [-0.39, 0.29) is 31.1 Å². The molecule has 0 fully saturated rings. The van der Waals surface area contributed by atoms with Gasteiger partial charge in [0.05, 0.1) is 0 Å². The van der Waals surface area contributed by atoms with Gasteiger partial charge in [-0.3, -0.25) is 14.4 Å². The van der Waals surface area contributed by atoms with Crippen LogP contribution in [0.15, 0.2) is 85.1 Å². The molecule has 1 atom stereocenters. The third kappa shape index (κ3) is 63.3. The Bertz CT molecular complexity index is 1470. The monoisotopic (exact) mass is 1070 g/mol. The normalized spacial score (nSPS) is 12.6. The fourth-order valence-corrected chi connectivity index (χ4v) is 9.44. The molecular formula is C71H124O6. The Morgan fingerprint density at radius 3 is 0.805 bits per heavy atom. The van der Waals surface area contributed by atoms with E-state index in [1.54, 1.807) is 0 Å². The Labute approximate surface area is 477 Å². The molecule has 0 saturated heterocycles. The first-order chi connectivity index (χ1) is 38.0.